The highest BCUT2D eigenvalue weighted by Crippen LogP contribution is 2.36. The molecule has 0 radical (unpaired) electrons. The molecule has 1 aromatic carbocycles. The summed E-state index contributed by atoms with van der Waals surface area (Å²) in [7, 11) is -0.777. The van der Waals surface area contributed by atoms with Crippen molar-refractivity contribution >= 4 is 30.4 Å². The van der Waals surface area contributed by atoms with E-state index in [2.05, 4.69) is 0 Å². The molecule has 1 aromatic rings. The van der Waals surface area contributed by atoms with Crippen LogP contribution in [0.2, 0.25) is 0 Å². The van der Waals surface area contributed by atoms with E-state index in [1.807, 2.05) is 27.7 Å². The van der Waals surface area contributed by atoms with Gasteiger partial charge in [-0.2, -0.15) is 0 Å². The smallest absolute Gasteiger partial charge is 0.399 e. The van der Waals surface area contributed by atoms with Crippen LogP contribution in [0.4, 0.5) is 4.39 Å². The van der Waals surface area contributed by atoms with Crippen molar-refractivity contribution in [1.29, 1.82) is 0 Å². The molecule has 0 unspecified atom stereocenters. The van der Waals surface area contributed by atoms with E-state index in [9.17, 15) is 18.8 Å². The van der Waals surface area contributed by atoms with Crippen molar-refractivity contribution in [2.24, 2.45) is 0 Å². The van der Waals surface area contributed by atoms with Gasteiger partial charge in [0.1, 0.15) is 5.82 Å². The molecule has 2 heterocycles. The van der Waals surface area contributed by atoms with E-state index in [1.165, 1.54) is 12.1 Å². The van der Waals surface area contributed by atoms with Crippen LogP contribution in [0, 0.1) is 5.82 Å². The number of halogens is 1. The molecule has 3 rings (SSSR count). The van der Waals surface area contributed by atoms with Gasteiger partial charge in [0.15, 0.2) is 0 Å². The van der Waals surface area contributed by atoms with E-state index in [0.29, 0.717) is 10.5 Å². The summed E-state index contributed by atoms with van der Waals surface area (Å²) in [6.45, 7) is 7.50. The van der Waals surface area contributed by atoms with Crippen molar-refractivity contribution in [3.8, 4) is 0 Å². The highest BCUT2D eigenvalue weighted by molar-refractivity contribution is 6.62. The van der Waals surface area contributed by atoms with Crippen molar-refractivity contribution in [2.45, 2.75) is 51.7 Å². The number of hydrogen-bond acceptors (Lipinski definition) is 6. The second-order valence-corrected chi connectivity index (χ2v) is 7.29. The lowest BCUT2D eigenvalue weighted by atomic mass is 9.78. The van der Waals surface area contributed by atoms with Crippen LogP contribution < -0.4 is 5.46 Å². The molecule has 26 heavy (non-hydrogen) atoms. The first-order valence-electron chi connectivity index (χ1n) is 8.25. The number of hydroxylamine groups is 2. The number of carbonyl (C=O) groups is 3. The van der Waals surface area contributed by atoms with Crippen LogP contribution in [0.1, 0.15) is 50.9 Å². The number of benzene rings is 1. The van der Waals surface area contributed by atoms with Gasteiger partial charge >= 0.3 is 13.1 Å². The van der Waals surface area contributed by atoms with Gasteiger partial charge in [0.2, 0.25) is 0 Å². The molecule has 2 saturated heterocycles. The monoisotopic (exact) mass is 363 g/mol. The minimum atomic E-state index is -1.12. The maximum absolute atomic E-state index is 14.4. The molecule has 0 saturated carbocycles. The van der Waals surface area contributed by atoms with E-state index < -0.39 is 47.5 Å². The Morgan fingerprint density at radius 1 is 1.12 bits per heavy atom. The Labute approximate surface area is 150 Å². The maximum atomic E-state index is 14.4. The fourth-order valence-corrected chi connectivity index (χ4v) is 2.61. The van der Waals surface area contributed by atoms with Crippen molar-refractivity contribution in [3.63, 3.8) is 0 Å². The van der Waals surface area contributed by atoms with Crippen LogP contribution in [-0.4, -0.2) is 41.2 Å². The summed E-state index contributed by atoms with van der Waals surface area (Å²) in [6, 6.07) is 3.81. The molecular formula is C17H19BFNO6. The highest BCUT2D eigenvalue weighted by atomic mass is 19.1. The van der Waals surface area contributed by atoms with Crippen LogP contribution in [0.3, 0.4) is 0 Å². The molecule has 0 bridgehead atoms. The molecule has 9 heteroatoms. The molecule has 0 atom stereocenters. The standard InChI is InChI=1S/C17H19BFNO6/c1-16(2)17(3,4)26-18(25-16)10-5-6-11(12(19)9-10)15(23)24-20-13(21)7-8-14(20)22/h5-6,9H,7-8H2,1-4H3. The molecule has 7 nitrogen and oxygen atoms in total. The topological polar surface area (TPSA) is 82.1 Å². The number of amides is 2. The second-order valence-electron chi connectivity index (χ2n) is 7.29. The molecule has 2 amide bonds. The molecule has 0 aromatic heterocycles. The summed E-state index contributed by atoms with van der Waals surface area (Å²) in [5.74, 6) is -3.23. The predicted molar refractivity (Wildman–Crippen MR) is 88.6 cm³/mol. The third-order valence-corrected chi connectivity index (χ3v) is 4.92. The molecule has 0 aliphatic carbocycles. The first kappa shape index (κ1) is 18.5. The number of rotatable bonds is 3. The van der Waals surface area contributed by atoms with Crippen LogP contribution in [-0.2, 0) is 23.7 Å². The average molecular weight is 363 g/mol. The summed E-state index contributed by atoms with van der Waals surface area (Å²) in [5.41, 5.74) is -1.14. The summed E-state index contributed by atoms with van der Waals surface area (Å²) in [6.07, 6.45) is -0.0646. The molecule has 2 aliphatic rings. The molecule has 2 aliphatic heterocycles. The lowest BCUT2D eigenvalue weighted by molar-refractivity contribution is -0.172. The molecule has 2 fully saturated rings. The minimum absolute atomic E-state index is 0.0323. The van der Waals surface area contributed by atoms with Gasteiger partial charge in [0, 0.05) is 12.8 Å². The van der Waals surface area contributed by atoms with Crippen LogP contribution >= 0.6 is 0 Å². The lowest BCUT2D eigenvalue weighted by Gasteiger charge is -2.32. The second kappa shape index (κ2) is 6.17. The lowest BCUT2D eigenvalue weighted by Crippen LogP contribution is -2.41. The zero-order valence-corrected chi connectivity index (χ0v) is 15.0. The van der Waals surface area contributed by atoms with E-state index in [1.54, 1.807) is 0 Å². The first-order chi connectivity index (χ1) is 12.0. The predicted octanol–water partition coefficient (Wildman–Crippen LogP) is 1.35. The van der Waals surface area contributed by atoms with Gasteiger partial charge in [-0.1, -0.05) is 6.07 Å². The van der Waals surface area contributed by atoms with E-state index >= 15 is 0 Å². The number of carbonyl (C=O) groups excluding carboxylic acids is 3. The summed E-state index contributed by atoms with van der Waals surface area (Å²) in [5, 5.41) is 0.379. The Balaban J connectivity index is 1.77. The SMILES string of the molecule is CC1(C)OB(c2ccc(C(=O)ON3C(=O)CCC3=O)c(F)c2)OC1(C)C. The summed E-state index contributed by atoms with van der Waals surface area (Å²) < 4.78 is 26.1. The number of hydrogen-bond donors (Lipinski definition) is 0. The Morgan fingerprint density at radius 3 is 2.15 bits per heavy atom. The Kier molecular flexibility index (Phi) is 4.40. The largest absolute Gasteiger partial charge is 0.494 e. The van der Waals surface area contributed by atoms with Gasteiger partial charge in [0.25, 0.3) is 11.8 Å². The van der Waals surface area contributed by atoms with Crippen molar-refractivity contribution < 1.29 is 32.9 Å². The van der Waals surface area contributed by atoms with Gasteiger partial charge in [-0.05, 0) is 45.3 Å². The zero-order chi connectivity index (χ0) is 19.3. The van der Waals surface area contributed by atoms with Crippen molar-refractivity contribution in [2.75, 3.05) is 0 Å². The Hall–Kier alpha value is -2.26. The fraction of sp³-hybridized carbons (Fsp3) is 0.471. The molecular weight excluding hydrogens is 344 g/mol. The number of nitrogens with zero attached hydrogens (tertiary/aromatic N) is 1. The van der Waals surface area contributed by atoms with E-state index in [0.717, 1.165) is 6.07 Å². The van der Waals surface area contributed by atoms with Gasteiger partial charge in [-0.15, -0.1) is 5.06 Å². The van der Waals surface area contributed by atoms with Crippen LogP contribution in [0.5, 0.6) is 0 Å². The number of imide groups is 1. The Bertz CT molecular complexity index is 761. The average Bonchev–Trinajstić information content (AvgIpc) is 2.96. The molecule has 0 spiro atoms. The maximum Gasteiger partial charge on any atom is 0.494 e. The summed E-state index contributed by atoms with van der Waals surface area (Å²) in [4.78, 5) is 39.8. The third kappa shape index (κ3) is 3.12. The van der Waals surface area contributed by atoms with Gasteiger partial charge in [0.05, 0.1) is 16.8 Å². The Morgan fingerprint density at radius 2 is 1.65 bits per heavy atom. The van der Waals surface area contributed by atoms with E-state index in [4.69, 9.17) is 14.1 Å². The van der Waals surface area contributed by atoms with Crippen LogP contribution in [0.25, 0.3) is 0 Å². The van der Waals surface area contributed by atoms with Gasteiger partial charge < -0.3 is 14.1 Å². The van der Waals surface area contributed by atoms with Gasteiger partial charge in [-0.25, -0.2) is 9.18 Å². The zero-order valence-electron chi connectivity index (χ0n) is 15.0. The third-order valence-electron chi connectivity index (χ3n) is 4.92. The fourth-order valence-electron chi connectivity index (χ4n) is 2.61. The minimum Gasteiger partial charge on any atom is -0.399 e. The van der Waals surface area contributed by atoms with Crippen molar-refractivity contribution in [3.05, 3.63) is 29.6 Å². The van der Waals surface area contributed by atoms with E-state index in [-0.39, 0.29) is 12.8 Å². The first-order valence-corrected chi connectivity index (χ1v) is 8.25. The quantitative estimate of drug-likeness (QED) is 0.596. The molecule has 138 valence electrons. The van der Waals surface area contributed by atoms with Crippen molar-refractivity contribution in [1.82, 2.24) is 5.06 Å². The normalized spacial score (nSPS) is 21.4. The molecule has 0 N–H and O–H groups in total. The van der Waals surface area contributed by atoms with Gasteiger partial charge in [-0.3, -0.25) is 9.59 Å². The van der Waals surface area contributed by atoms with Crippen LogP contribution in [0.15, 0.2) is 18.2 Å². The summed E-state index contributed by atoms with van der Waals surface area (Å²) >= 11 is 0. The highest BCUT2D eigenvalue weighted by Gasteiger charge is 2.51.